The predicted molar refractivity (Wildman–Crippen MR) is 81.6 cm³/mol. The Bertz CT molecular complexity index is 506. The van der Waals surface area contributed by atoms with Gasteiger partial charge in [0.15, 0.2) is 0 Å². The quantitative estimate of drug-likeness (QED) is 0.865. The van der Waals surface area contributed by atoms with E-state index in [0.717, 1.165) is 32.7 Å². The molecule has 0 aliphatic carbocycles. The van der Waals surface area contributed by atoms with Gasteiger partial charge in [-0.1, -0.05) is 0 Å². The van der Waals surface area contributed by atoms with Crippen molar-refractivity contribution in [2.45, 2.75) is 19.5 Å². The van der Waals surface area contributed by atoms with Gasteiger partial charge in [-0.25, -0.2) is 9.97 Å². The number of hydrogen-bond donors (Lipinski definition) is 0. The van der Waals surface area contributed by atoms with Crippen LogP contribution in [0.1, 0.15) is 24.1 Å². The highest BCUT2D eigenvalue weighted by atomic mass is 32.1. The second-order valence-electron chi connectivity index (χ2n) is 5.29. The lowest BCUT2D eigenvalue weighted by Crippen LogP contribution is -2.46. The molecule has 0 radical (unpaired) electrons. The zero-order chi connectivity index (χ0) is 13.8. The second-order valence-corrected chi connectivity index (χ2v) is 6.07. The lowest BCUT2D eigenvalue weighted by atomic mass is 10.1. The fraction of sp³-hybridized carbons (Fsp3) is 0.467. The van der Waals surface area contributed by atoms with Crippen molar-refractivity contribution >= 4 is 11.3 Å². The molecule has 5 heteroatoms. The van der Waals surface area contributed by atoms with Crippen LogP contribution in [0.15, 0.2) is 35.5 Å². The molecule has 3 heterocycles. The van der Waals surface area contributed by atoms with Crippen molar-refractivity contribution in [2.75, 3.05) is 26.2 Å². The summed E-state index contributed by atoms with van der Waals surface area (Å²) < 4.78 is 0. The standard InChI is InChI=1S/C15H20N4S/c1-13(15-2-7-20-11-15)19-5-3-18(4-6-19)10-14-8-16-12-17-9-14/h2,7-9,11-13H,3-6,10H2,1H3/t13-/m1/s1. The highest BCUT2D eigenvalue weighted by Crippen LogP contribution is 2.23. The molecule has 1 saturated heterocycles. The average Bonchev–Trinajstić information content (AvgIpc) is 3.03. The molecule has 3 rings (SSSR count). The normalized spacial score (nSPS) is 19.1. The van der Waals surface area contributed by atoms with E-state index in [-0.39, 0.29) is 0 Å². The van der Waals surface area contributed by atoms with Crippen LogP contribution in [-0.4, -0.2) is 45.9 Å². The Morgan fingerprint density at radius 2 is 1.95 bits per heavy atom. The van der Waals surface area contributed by atoms with Crippen LogP contribution < -0.4 is 0 Å². The molecule has 20 heavy (non-hydrogen) atoms. The topological polar surface area (TPSA) is 32.3 Å². The van der Waals surface area contributed by atoms with E-state index >= 15 is 0 Å². The maximum Gasteiger partial charge on any atom is 0.115 e. The number of nitrogens with zero attached hydrogens (tertiary/aromatic N) is 4. The minimum Gasteiger partial charge on any atom is -0.296 e. The zero-order valence-electron chi connectivity index (χ0n) is 11.8. The van der Waals surface area contributed by atoms with Gasteiger partial charge in [-0.3, -0.25) is 9.80 Å². The van der Waals surface area contributed by atoms with Gasteiger partial charge >= 0.3 is 0 Å². The average molecular weight is 288 g/mol. The van der Waals surface area contributed by atoms with Gasteiger partial charge in [-0.15, -0.1) is 0 Å². The van der Waals surface area contributed by atoms with E-state index < -0.39 is 0 Å². The lowest BCUT2D eigenvalue weighted by Gasteiger charge is -2.37. The SMILES string of the molecule is C[C@H](c1ccsc1)N1CCN(Cc2cncnc2)CC1. The summed E-state index contributed by atoms with van der Waals surface area (Å²) in [7, 11) is 0. The van der Waals surface area contributed by atoms with Crippen LogP contribution in [0.3, 0.4) is 0 Å². The monoisotopic (exact) mass is 288 g/mol. The molecular formula is C15H20N4S. The van der Waals surface area contributed by atoms with Gasteiger partial charge in [0.1, 0.15) is 6.33 Å². The first-order valence-corrected chi connectivity index (χ1v) is 7.99. The van der Waals surface area contributed by atoms with Crippen LogP contribution in [0.25, 0.3) is 0 Å². The van der Waals surface area contributed by atoms with Crippen LogP contribution >= 0.6 is 11.3 Å². The maximum atomic E-state index is 4.08. The van der Waals surface area contributed by atoms with Gasteiger partial charge in [0.05, 0.1) is 0 Å². The highest BCUT2D eigenvalue weighted by molar-refractivity contribution is 7.07. The summed E-state index contributed by atoms with van der Waals surface area (Å²) in [6.07, 6.45) is 5.41. The Labute approximate surface area is 124 Å². The van der Waals surface area contributed by atoms with E-state index in [2.05, 4.69) is 43.5 Å². The molecule has 4 nitrogen and oxygen atoms in total. The Kier molecular flexibility index (Phi) is 4.40. The van der Waals surface area contributed by atoms with E-state index in [4.69, 9.17) is 0 Å². The Morgan fingerprint density at radius 1 is 1.20 bits per heavy atom. The van der Waals surface area contributed by atoms with Gasteiger partial charge < -0.3 is 0 Å². The van der Waals surface area contributed by atoms with Crippen molar-refractivity contribution in [1.82, 2.24) is 19.8 Å². The van der Waals surface area contributed by atoms with E-state index in [1.165, 1.54) is 11.1 Å². The second kappa shape index (κ2) is 6.43. The third-order valence-corrected chi connectivity index (χ3v) is 4.70. The summed E-state index contributed by atoms with van der Waals surface area (Å²) in [5, 5.41) is 4.43. The fourth-order valence-corrected chi connectivity index (χ4v) is 3.45. The van der Waals surface area contributed by atoms with Crippen LogP contribution in [0.5, 0.6) is 0 Å². The molecule has 0 N–H and O–H groups in total. The van der Waals surface area contributed by atoms with E-state index in [9.17, 15) is 0 Å². The molecule has 0 saturated carbocycles. The molecule has 0 aromatic carbocycles. The molecule has 106 valence electrons. The number of aromatic nitrogens is 2. The Balaban J connectivity index is 1.52. The van der Waals surface area contributed by atoms with Crippen molar-refractivity contribution in [1.29, 1.82) is 0 Å². The first kappa shape index (κ1) is 13.7. The molecule has 0 bridgehead atoms. The largest absolute Gasteiger partial charge is 0.296 e. The lowest BCUT2D eigenvalue weighted by molar-refractivity contribution is 0.0979. The molecule has 1 fully saturated rings. The number of hydrogen-bond acceptors (Lipinski definition) is 5. The molecule has 0 unspecified atom stereocenters. The van der Waals surface area contributed by atoms with Gasteiger partial charge in [-0.05, 0) is 29.3 Å². The van der Waals surface area contributed by atoms with Crippen molar-refractivity contribution in [2.24, 2.45) is 0 Å². The molecule has 2 aromatic heterocycles. The molecular weight excluding hydrogens is 268 g/mol. The molecule has 1 aliphatic heterocycles. The summed E-state index contributed by atoms with van der Waals surface area (Å²) in [6, 6.07) is 2.77. The fourth-order valence-electron chi connectivity index (χ4n) is 2.70. The predicted octanol–water partition coefficient (Wildman–Crippen LogP) is 2.42. The zero-order valence-corrected chi connectivity index (χ0v) is 12.6. The third kappa shape index (κ3) is 3.23. The van der Waals surface area contributed by atoms with Crippen molar-refractivity contribution in [3.05, 3.63) is 46.7 Å². The van der Waals surface area contributed by atoms with Crippen LogP contribution in [0.4, 0.5) is 0 Å². The van der Waals surface area contributed by atoms with Crippen molar-refractivity contribution < 1.29 is 0 Å². The molecule has 2 aromatic rings. The van der Waals surface area contributed by atoms with Crippen LogP contribution in [-0.2, 0) is 6.54 Å². The van der Waals surface area contributed by atoms with E-state index in [0.29, 0.717) is 6.04 Å². The van der Waals surface area contributed by atoms with Gasteiger partial charge in [0, 0.05) is 56.7 Å². The van der Waals surface area contributed by atoms with Crippen LogP contribution in [0, 0.1) is 0 Å². The molecule has 1 aliphatic rings. The van der Waals surface area contributed by atoms with Gasteiger partial charge in [0.2, 0.25) is 0 Å². The minimum absolute atomic E-state index is 0.531. The number of thiophene rings is 1. The van der Waals surface area contributed by atoms with Crippen molar-refractivity contribution in [3.63, 3.8) is 0 Å². The smallest absolute Gasteiger partial charge is 0.115 e. The number of rotatable bonds is 4. The van der Waals surface area contributed by atoms with E-state index in [1.807, 2.05) is 12.4 Å². The molecule has 1 atom stereocenters. The summed E-state index contributed by atoms with van der Waals surface area (Å²) in [4.78, 5) is 13.2. The maximum absolute atomic E-state index is 4.08. The van der Waals surface area contributed by atoms with Crippen molar-refractivity contribution in [3.8, 4) is 0 Å². The summed E-state index contributed by atoms with van der Waals surface area (Å²) >= 11 is 1.78. The Morgan fingerprint density at radius 3 is 2.60 bits per heavy atom. The first-order valence-electron chi connectivity index (χ1n) is 7.05. The molecule has 0 spiro atoms. The Hall–Kier alpha value is -1.30. The third-order valence-electron chi connectivity index (χ3n) is 4.00. The minimum atomic E-state index is 0.531. The molecule has 0 amide bonds. The number of piperazine rings is 1. The van der Waals surface area contributed by atoms with Gasteiger partial charge in [-0.2, -0.15) is 11.3 Å². The summed E-state index contributed by atoms with van der Waals surface area (Å²) in [5.74, 6) is 0. The summed E-state index contributed by atoms with van der Waals surface area (Å²) in [5.41, 5.74) is 2.65. The van der Waals surface area contributed by atoms with Crippen LogP contribution in [0.2, 0.25) is 0 Å². The highest BCUT2D eigenvalue weighted by Gasteiger charge is 2.22. The summed E-state index contributed by atoms with van der Waals surface area (Å²) in [6.45, 7) is 7.76. The van der Waals surface area contributed by atoms with Gasteiger partial charge in [0.25, 0.3) is 0 Å². The van der Waals surface area contributed by atoms with E-state index in [1.54, 1.807) is 17.7 Å². The first-order chi connectivity index (χ1) is 9.83.